The number of anilines is 2. The van der Waals surface area contributed by atoms with Gasteiger partial charge in [-0.15, -0.1) is 13.2 Å². The number of ether oxygens (including phenoxy) is 1. The van der Waals surface area contributed by atoms with Gasteiger partial charge in [0, 0.05) is 5.69 Å². The van der Waals surface area contributed by atoms with Crippen molar-refractivity contribution < 1.29 is 31.1 Å². The van der Waals surface area contributed by atoms with Gasteiger partial charge in [0.2, 0.25) is 15.9 Å². The monoisotopic (exact) mass is 416 g/mol. The van der Waals surface area contributed by atoms with E-state index in [1.165, 1.54) is 19.1 Å². The van der Waals surface area contributed by atoms with E-state index in [1.54, 1.807) is 24.3 Å². The number of aryl methyl sites for hydroxylation is 1. The van der Waals surface area contributed by atoms with Gasteiger partial charge >= 0.3 is 6.36 Å². The summed E-state index contributed by atoms with van der Waals surface area (Å²) in [6.07, 6.45) is -3.83. The average molecular weight is 416 g/mol. The maximum absolute atomic E-state index is 12.5. The van der Waals surface area contributed by atoms with Crippen molar-refractivity contribution in [2.24, 2.45) is 0 Å². The Hall–Kier alpha value is -2.75. The highest BCUT2D eigenvalue weighted by molar-refractivity contribution is 7.92. The number of alkyl halides is 3. The van der Waals surface area contributed by atoms with Crippen LogP contribution in [0.4, 0.5) is 24.5 Å². The normalized spacial score (nSPS) is 12.9. The smallest absolute Gasteiger partial charge is 0.406 e. The van der Waals surface area contributed by atoms with E-state index in [2.05, 4.69) is 10.1 Å². The van der Waals surface area contributed by atoms with Gasteiger partial charge in [-0.1, -0.05) is 17.7 Å². The highest BCUT2D eigenvalue weighted by Crippen LogP contribution is 2.25. The minimum absolute atomic E-state index is 0.198. The second kappa shape index (κ2) is 8.09. The third-order valence-electron chi connectivity index (χ3n) is 3.73. The number of sulfonamides is 1. The number of halogens is 3. The second-order valence-corrected chi connectivity index (χ2v) is 7.99. The van der Waals surface area contributed by atoms with Gasteiger partial charge in [0.1, 0.15) is 11.8 Å². The molecule has 10 heteroatoms. The summed E-state index contributed by atoms with van der Waals surface area (Å²) in [5, 5.41) is 2.48. The number of carbonyl (C=O) groups is 1. The zero-order chi connectivity index (χ0) is 21.1. The summed E-state index contributed by atoms with van der Waals surface area (Å²) in [5.74, 6) is -1.08. The molecule has 0 saturated carbocycles. The lowest BCUT2D eigenvalue weighted by Crippen LogP contribution is -2.45. The van der Waals surface area contributed by atoms with Crippen LogP contribution in [-0.2, 0) is 14.8 Å². The molecule has 0 spiro atoms. The number of hydrogen-bond donors (Lipinski definition) is 1. The summed E-state index contributed by atoms with van der Waals surface area (Å²) in [7, 11) is -3.77. The minimum atomic E-state index is -4.82. The van der Waals surface area contributed by atoms with E-state index in [0.29, 0.717) is 5.69 Å². The Balaban J connectivity index is 2.18. The fraction of sp³-hybridized carbons (Fsp3) is 0.278. The Kier molecular flexibility index (Phi) is 6.23. The lowest BCUT2D eigenvalue weighted by Gasteiger charge is -2.28. The molecule has 0 fully saturated rings. The van der Waals surface area contributed by atoms with Crippen molar-refractivity contribution >= 4 is 27.3 Å². The average Bonchev–Trinajstić information content (AvgIpc) is 2.56. The van der Waals surface area contributed by atoms with E-state index in [-0.39, 0.29) is 5.69 Å². The van der Waals surface area contributed by atoms with Crippen molar-refractivity contribution in [3.05, 3.63) is 54.1 Å². The summed E-state index contributed by atoms with van der Waals surface area (Å²) in [5.41, 5.74) is 1.45. The molecule has 0 aromatic heterocycles. The maximum Gasteiger partial charge on any atom is 0.573 e. The summed E-state index contributed by atoms with van der Waals surface area (Å²) in [6, 6.07) is 10.1. The van der Waals surface area contributed by atoms with Crippen molar-refractivity contribution in [1.29, 1.82) is 0 Å². The van der Waals surface area contributed by atoms with E-state index in [4.69, 9.17) is 0 Å². The number of nitrogens with zero attached hydrogens (tertiary/aromatic N) is 1. The van der Waals surface area contributed by atoms with Crippen molar-refractivity contribution in [2.75, 3.05) is 15.9 Å². The molecule has 1 N–H and O–H groups in total. The molecule has 0 heterocycles. The van der Waals surface area contributed by atoms with Crippen molar-refractivity contribution in [1.82, 2.24) is 0 Å². The Labute approximate surface area is 161 Å². The second-order valence-electron chi connectivity index (χ2n) is 6.13. The SMILES string of the molecule is Cc1ccc(N(C(C)C(=O)Nc2ccc(OC(F)(F)F)cc2)S(C)(=O)=O)cc1. The molecule has 0 radical (unpaired) electrons. The number of benzene rings is 2. The number of hydrogen-bond acceptors (Lipinski definition) is 4. The zero-order valence-corrected chi connectivity index (χ0v) is 16.1. The van der Waals surface area contributed by atoms with Crippen LogP contribution in [0.1, 0.15) is 12.5 Å². The highest BCUT2D eigenvalue weighted by Gasteiger charge is 2.31. The third kappa shape index (κ3) is 5.88. The van der Waals surface area contributed by atoms with Crippen LogP contribution < -0.4 is 14.4 Å². The van der Waals surface area contributed by atoms with Crippen molar-refractivity contribution in [3.63, 3.8) is 0 Å². The first-order chi connectivity index (χ1) is 12.9. The van der Waals surface area contributed by atoms with E-state index < -0.39 is 34.1 Å². The minimum Gasteiger partial charge on any atom is -0.406 e. The summed E-state index contributed by atoms with van der Waals surface area (Å²) in [6.45, 7) is 3.26. The van der Waals surface area contributed by atoms with Crippen LogP contribution in [0, 0.1) is 6.92 Å². The molecule has 1 amide bonds. The summed E-state index contributed by atoms with van der Waals surface area (Å²) in [4.78, 5) is 12.5. The van der Waals surface area contributed by atoms with Gasteiger partial charge in [0.25, 0.3) is 0 Å². The number of amides is 1. The van der Waals surface area contributed by atoms with Gasteiger partial charge in [-0.3, -0.25) is 9.10 Å². The lowest BCUT2D eigenvalue weighted by molar-refractivity contribution is -0.274. The summed E-state index contributed by atoms with van der Waals surface area (Å²) < 4.78 is 65.7. The molecule has 2 aromatic carbocycles. The molecule has 28 heavy (non-hydrogen) atoms. The molecule has 0 saturated heterocycles. The van der Waals surface area contributed by atoms with Gasteiger partial charge in [0.15, 0.2) is 0 Å². The number of carbonyl (C=O) groups excluding carboxylic acids is 1. The molecule has 2 rings (SSSR count). The van der Waals surface area contributed by atoms with Crippen LogP contribution >= 0.6 is 0 Å². The van der Waals surface area contributed by atoms with Crippen LogP contribution in [0.15, 0.2) is 48.5 Å². The van der Waals surface area contributed by atoms with Crippen molar-refractivity contribution in [3.8, 4) is 5.75 Å². The molecule has 6 nitrogen and oxygen atoms in total. The third-order valence-corrected chi connectivity index (χ3v) is 4.97. The van der Waals surface area contributed by atoms with Gasteiger partial charge in [0.05, 0.1) is 11.9 Å². The van der Waals surface area contributed by atoms with Gasteiger partial charge in [-0.05, 0) is 50.2 Å². The molecule has 0 bridgehead atoms. The topological polar surface area (TPSA) is 75.7 Å². The fourth-order valence-corrected chi connectivity index (χ4v) is 3.66. The first-order valence-electron chi connectivity index (χ1n) is 8.09. The van der Waals surface area contributed by atoms with Crippen molar-refractivity contribution in [2.45, 2.75) is 26.3 Å². The molecule has 2 aromatic rings. The fourth-order valence-electron chi connectivity index (χ4n) is 2.49. The molecular weight excluding hydrogens is 397 g/mol. The van der Waals surface area contributed by atoms with E-state index >= 15 is 0 Å². The molecule has 0 aliphatic heterocycles. The van der Waals surface area contributed by atoms with Gasteiger partial charge < -0.3 is 10.1 Å². The Morgan fingerprint density at radius 3 is 2.07 bits per heavy atom. The lowest BCUT2D eigenvalue weighted by atomic mass is 10.2. The first kappa shape index (κ1) is 21.5. The molecular formula is C18H19F3N2O4S. The number of rotatable bonds is 6. The Bertz CT molecular complexity index is 927. The van der Waals surface area contributed by atoms with Gasteiger partial charge in [-0.2, -0.15) is 0 Å². The number of nitrogens with one attached hydrogen (secondary N) is 1. The molecule has 152 valence electrons. The molecule has 1 unspecified atom stereocenters. The zero-order valence-electron chi connectivity index (χ0n) is 15.3. The van der Waals surface area contributed by atoms with Crippen LogP contribution in [0.5, 0.6) is 5.75 Å². The predicted octanol–water partition coefficient (Wildman–Crippen LogP) is 3.69. The summed E-state index contributed by atoms with van der Waals surface area (Å²) >= 11 is 0. The maximum atomic E-state index is 12.5. The van der Waals surface area contributed by atoms with Crippen LogP contribution in [0.25, 0.3) is 0 Å². The quantitative estimate of drug-likeness (QED) is 0.779. The standard InChI is InChI=1S/C18H19F3N2O4S/c1-12-4-8-15(9-5-12)23(28(3,25)26)13(2)17(24)22-14-6-10-16(11-7-14)27-18(19,20)21/h4-11,13H,1-3H3,(H,22,24). The highest BCUT2D eigenvalue weighted by atomic mass is 32.2. The molecule has 0 aliphatic rings. The largest absolute Gasteiger partial charge is 0.573 e. The van der Waals surface area contributed by atoms with Crippen LogP contribution in [0.2, 0.25) is 0 Å². The van der Waals surface area contributed by atoms with Gasteiger partial charge in [-0.25, -0.2) is 8.42 Å². The van der Waals surface area contributed by atoms with Crippen LogP contribution in [0.3, 0.4) is 0 Å². The van der Waals surface area contributed by atoms with E-state index in [1.807, 2.05) is 6.92 Å². The first-order valence-corrected chi connectivity index (χ1v) is 9.94. The predicted molar refractivity (Wildman–Crippen MR) is 99.7 cm³/mol. The Morgan fingerprint density at radius 2 is 1.61 bits per heavy atom. The Morgan fingerprint density at radius 1 is 1.07 bits per heavy atom. The molecule has 0 aliphatic carbocycles. The molecule has 1 atom stereocenters. The van der Waals surface area contributed by atoms with E-state index in [0.717, 1.165) is 28.3 Å². The van der Waals surface area contributed by atoms with Crippen LogP contribution in [-0.4, -0.2) is 33.0 Å². The van der Waals surface area contributed by atoms with E-state index in [9.17, 15) is 26.4 Å².